The Morgan fingerprint density at radius 3 is 2.53 bits per heavy atom. The molecule has 0 radical (unpaired) electrons. The van der Waals surface area contributed by atoms with E-state index in [1.54, 1.807) is 0 Å². The van der Waals surface area contributed by atoms with Gasteiger partial charge in [-0.1, -0.05) is 26.7 Å². The van der Waals surface area contributed by atoms with E-state index < -0.39 is 10.0 Å². The first-order valence-corrected chi connectivity index (χ1v) is 9.28. The molecule has 2 aliphatic rings. The maximum Gasteiger partial charge on any atom is 0.211 e. The predicted octanol–water partition coefficient (Wildman–Crippen LogP) is 2.02. The minimum absolute atomic E-state index is 0.0948. The molecule has 0 aromatic heterocycles. The van der Waals surface area contributed by atoms with Gasteiger partial charge < -0.3 is 5.32 Å². The van der Waals surface area contributed by atoms with Crippen LogP contribution in [0.3, 0.4) is 0 Å². The molecule has 0 heterocycles. The zero-order valence-corrected chi connectivity index (χ0v) is 13.1. The third kappa shape index (κ3) is 5.04. The van der Waals surface area contributed by atoms with Gasteiger partial charge in [0.25, 0.3) is 0 Å². The molecule has 2 N–H and O–H groups in total. The molecule has 2 fully saturated rings. The zero-order valence-electron chi connectivity index (χ0n) is 12.2. The highest BCUT2D eigenvalue weighted by atomic mass is 32.2. The molecule has 2 saturated carbocycles. The van der Waals surface area contributed by atoms with Crippen molar-refractivity contribution >= 4 is 10.0 Å². The van der Waals surface area contributed by atoms with Crippen LogP contribution >= 0.6 is 0 Å². The third-order valence-corrected chi connectivity index (χ3v) is 5.90. The number of sulfonamides is 1. The Hall–Kier alpha value is -0.130. The Bertz CT molecular complexity index is 388. The summed E-state index contributed by atoms with van der Waals surface area (Å²) in [5.74, 6) is 0.249. The van der Waals surface area contributed by atoms with Gasteiger partial charge in [0.15, 0.2) is 0 Å². The van der Waals surface area contributed by atoms with Crippen molar-refractivity contribution in [1.82, 2.24) is 10.0 Å². The Morgan fingerprint density at radius 2 is 1.89 bits per heavy atom. The zero-order chi connectivity index (χ0) is 13.9. The third-order valence-electron chi connectivity index (χ3n) is 4.43. The van der Waals surface area contributed by atoms with E-state index in [9.17, 15) is 8.42 Å². The van der Waals surface area contributed by atoms with Crippen molar-refractivity contribution in [1.29, 1.82) is 0 Å². The SMILES string of the molecule is CC1(C)CCCCC1NS(=O)(=O)CCCNC1CC1. The van der Waals surface area contributed by atoms with E-state index in [2.05, 4.69) is 23.9 Å². The Balaban J connectivity index is 1.75. The second-order valence-corrected chi connectivity index (χ2v) is 8.68. The van der Waals surface area contributed by atoms with E-state index in [-0.39, 0.29) is 17.2 Å². The second kappa shape index (κ2) is 6.10. The predicted molar refractivity (Wildman–Crippen MR) is 78.6 cm³/mol. The van der Waals surface area contributed by atoms with Crippen LogP contribution in [0.1, 0.15) is 58.8 Å². The molecule has 4 nitrogen and oxygen atoms in total. The van der Waals surface area contributed by atoms with Gasteiger partial charge in [-0.3, -0.25) is 0 Å². The van der Waals surface area contributed by atoms with E-state index in [1.807, 2.05) is 0 Å². The molecule has 0 saturated heterocycles. The van der Waals surface area contributed by atoms with E-state index in [4.69, 9.17) is 0 Å². The van der Waals surface area contributed by atoms with Crippen molar-refractivity contribution in [3.8, 4) is 0 Å². The molecule has 19 heavy (non-hydrogen) atoms. The molecular weight excluding hydrogens is 260 g/mol. The van der Waals surface area contributed by atoms with Crippen molar-refractivity contribution in [3.63, 3.8) is 0 Å². The molecule has 0 aromatic carbocycles. The number of nitrogens with one attached hydrogen (secondary N) is 2. The average Bonchev–Trinajstić information content (AvgIpc) is 3.11. The van der Waals surface area contributed by atoms with Crippen LogP contribution in [0.4, 0.5) is 0 Å². The molecule has 0 amide bonds. The summed E-state index contributed by atoms with van der Waals surface area (Å²) in [7, 11) is -3.12. The quantitative estimate of drug-likeness (QED) is 0.705. The summed E-state index contributed by atoms with van der Waals surface area (Å²) in [5.41, 5.74) is 0.0948. The molecular formula is C14H28N2O2S. The summed E-state index contributed by atoms with van der Waals surface area (Å²) in [6, 6.07) is 0.774. The van der Waals surface area contributed by atoms with Crippen molar-refractivity contribution in [2.24, 2.45) is 5.41 Å². The van der Waals surface area contributed by atoms with Gasteiger partial charge in [-0.15, -0.1) is 0 Å². The molecule has 1 atom stereocenters. The van der Waals surface area contributed by atoms with Crippen LogP contribution in [0.15, 0.2) is 0 Å². The van der Waals surface area contributed by atoms with Crippen molar-refractivity contribution in [3.05, 3.63) is 0 Å². The smallest absolute Gasteiger partial charge is 0.211 e. The van der Waals surface area contributed by atoms with Gasteiger partial charge in [0, 0.05) is 12.1 Å². The molecule has 2 aliphatic carbocycles. The lowest BCUT2D eigenvalue weighted by atomic mass is 9.74. The molecule has 0 spiro atoms. The van der Waals surface area contributed by atoms with Crippen LogP contribution in [0, 0.1) is 5.41 Å². The lowest BCUT2D eigenvalue weighted by Gasteiger charge is -2.38. The number of hydrogen-bond acceptors (Lipinski definition) is 3. The topological polar surface area (TPSA) is 58.2 Å². The van der Waals surface area contributed by atoms with Gasteiger partial charge in [-0.05, 0) is 44.1 Å². The molecule has 2 rings (SSSR count). The van der Waals surface area contributed by atoms with Crippen LogP contribution in [-0.2, 0) is 10.0 Å². The van der Waals surface area contributed by atoms with Crippen LogP contribution in [0.5, 0.6) is 0 Å². The Morgan fingerprint density at radius 1 is 1.16 bits per heavy atom. The fourth-order valence-electron chi connectivity index (χ4n) is 2.84. The fourth-order valence-corrected chi connectivity index (χ4v) is 4.36. The number of hydrogen-bond donors (Lipinski definition) is 2. The van der Waals surface area contributed by atoms with Gasteiger partial charge in [-0.2, -0.15) is 0 Å². The summed E-state index contributed by atoms with van der Waals surface area (Å²) in [5, 5.41) is 3.36. The van der Waals surface area contributed by atoms with Crippen LogP contribution < -0.4 is 10.0 Å². The van der Waals surface area contributed by atoms with E-state index in [0.717, 1.165) is 25.8 Å². The molecule has 5 heteroatoms. The van der Waals surface area contributed by atoms with Crippen molar-refractivity contribution in [2.75, 3.05) is 12.3 Å². The first-order chi connectivity index (χ1) is 8.89. The van der Waals surface area contributed by atoms with Gasteiger partial charge in [-0.25, -0.2) is 13.1 Å². The highest BCUT2D eigenvalue weighted by Gasteiger charge is 2.34. The van der Waals surface area contributed by atoms with E-state index >= 15 is 0 Å². The van der Waals surface area contributed by atoms with Gasteiger partial charge in [0.1, 0.15) is 0 Å². The normalized spacial score (nSPS) is 27.4. The second-order valence-electron chi connectivity index (χ2n) is 6.81. The lowest BCUT2D eigenvalue weighted by Crippen LogP contribution is -2.47. The molecule has 112 valence electrons. The summed E-state index contributed by atoms with van der Waals surface area (Å²) >= 11 is 0. The lowest BCUT2D eigenvalue weighted by molar-refractivity contribution is 0.188. The van der Waals surface area contributed by atoms with E-state index in [0.29, 0.717) is 12.5 Å². The molecule has 0 aromatic rings. The standard InChI is InChI=1S/C14H28N2O2S/c1-14(2)9-4-3-6-13(14)16-19(17,18)11-5-10-15-12-7-8-12/h12-13,15-16H,3-11H2,1-2H3. The first-order valence-electron chi connectivity index (χ1n) is 7.62. The summed E-state index contributed by atoms with van der Waals surface area (Å²) in [6.07, 6.45) is 7.66. The maximum atomic E-state index is 12.1. The fraction of sp³-hybridized carbons (Fsp3) is 1.00. The average molecular weight is 288 g/mol. The number of rotatable bonds is 7. The van der Waals surface area contributed by atoms with Gasteiger partial charge in [0.05, 0.1) is 5.75 Å². The van der Waals surface area contributed by atoms with Crippen molar-refractivity contribution in [2.45, 2.75) is 70.9 Å². The van der Waals surface area contributed by atoms with Gasteiger partial charge >= 0.3 is 0 Å². The molecule has 0 aliphatic heterocycles. The Labute approximate surface area is 117 Å². The van der Waals surface area contributed by atoms with Crippen LogP contribution in [-0.4, -0.2) is 32.8 Å². The molecule has 1 unspecified atom stereocenters. The van der Waals surface area contributed by atoms with Gasteiger partial charge in [0.2, 0.25) is 10.0 Å². The monoisotopic (exact) mass is 288 g/mol. The summed E-state index contributed by atoms with van der Waals surface area (Å²) in [6.45, 7) is 5.17. The first kappa shape index (κ1) is 15.3. The summed E-state index contributed by atoms with van der Waals surface area (Å²) < 4.78 is 27.1. The van der Waals surface area contributed by atoms with E-state index in [1.165, 1.54) is 19.3 Å². The minimum Gasteiger partial charge on any atom is -0.314 e. The highest BCUT2D eigenvalue weighted by Crippen LogP contribution is 2.35. The highest BCUT2D eigenvalue weighted by molar-refractivity contribution is 7.89. The summed E-state index contributed by atoms with van der Waals surface area (Å²) in [4.78, 5) is 0. The van der Waals surface area contributed by atoms with Crippen LogP contribution in [0.2, 0.25) is 0 Å². The Kier molecular flexibility index (Phi) is 4.90. The minimum atomic E-state index is -3.12. The maximum absolute atomic E-state index is 12.1. The van der Waals surface area contributed by atoms with Crippen molar-refractivity contribution < 1.29 is 8.42 Å². The van der Waals surface area contributed by atoms with Crippen LogP contribution in [0.25, 0.3) is 0 Å². The molecule has 0 bridgehead atoms. The largest absolute Gasteiger partial charge is 0.314 e.